The normalized spacial score (nSPS) is 10.4. The quantitative estimate of drug-likeness (QED) is 0.290. The molecule has 1 N–H and O–H groups in total. The van der Waals surface area contributed by atoms with Crippen LogP contribution in [-0.2, 0) is 14.9 Å². The van der Waals surface area contributed by atoms with E-state index in [1.54, 1.807) is 24.3 Å². The molecule has 0 amide bonds. The summed E-state index contributed by atoms with van der Waals surface area (Å²) in [6.07, 6.45) is 0.192. The van der Waals surface area contributed by atoms with Crippen molar-refractivity contribution in [2.75, 3.05) is 19.5 Å². The van der Waals surface area contributed by atoms with Crippen LogP contribution in [0.4, 0.5) is 0 Å². The smallest absolute Gasteiger partial charge is 1.00 e. The van der Waals surface area contributed by atoms with Crippen molar-refractivity contribution in [3.8, 4) is 5.75 Å². The number of esters is 1. The molecule has 0 bridgehead atoms. The van der Waals surface area contributed by atoms with Crippen LogP contribution in [0.15, 0.2) is 24.3 Å². The number of ether oxygens (including phenoxy) is 2. The van der Waals surface area contributed by atoms with Crippen molar-refractivity contribution in [3.05, 3.63) is 29.8 Å². The van der Waals surface area contributed by atoms with Crippen LogP contribution in [0, 0.1) is 0 Å². The SMILES string of the molecule is COC(=O)c1ccc(OCCCS(=O)(=O)O)cc1.[H-].[Na+]. The van der Waals surface area contributed by atoms with Gasteiger partial charge in [-0.15, -0.1) is 0 Å². The maximum Gasteiger partial charge on any atom is 1.00 e. The van der Waals surface area contributed by atoms with Gasteiger partial charge in [-0.1, -0.05) is 0 Å². The summed E-state index contributed by atoms with van der Waals surface area (Å²) in [7, 11) is -2.65. The Morgan fingerprint density at radius 2 is 1.89 bits per heavy atom. The zero-order chi connectivity index (χ0) is 13.6. The Morgan fingerprint density at radius 1 is 1.32 bits per heavy atom. The average Bonchev–Trinajstić information content (AvgIpc) is 2.33. The molecule has 1 aromatic carbocycles. The molecule has 0 heterocycles. The first kappa shape index (κ1) is 18.4. The molecule has 8 heteroatoms. The summed E-state index contributed by atoms with van der Waals surface area (Å²) >= 11 is 0. The Labute approximate surface area is 135 Å². The molecule has 0 unspecified atom stereocenters. The van der Waals surface area contributed by atoms with E-state index in [1.807, 2.05) is 0 Å². The van der Waals surface area contributed by atoms with E-state index in [1.165, 1.54) is 7.11 Å². The third-order valence-corrected chi connectivity index (χ3v) is 2.90. The van der Waals surface area contributed by atoms with Gasteiger partial charge in [0.15, 0.2) is 0 Å². The zero-order valence-corrected chi connectivity index (χ0v) is 13.6. The molecule has 1 rings (SSSR count). The molecule has 0 aliphatic heterocycles. The topological polar surface area (TPSA) is 89.9 Å². The van der Waals surface area contributed by atoms with Gasteiger partial charge in [-0.3, -0.25) is 4.55 Å². The summed E-state index contributed by atoms with van der Waals surface area (Å²) in [5.74, 6) is -0.265. The molecular weight excluding hydrogens is 283 g/mol. The van der Waals surface area contributed by atoms with E-state index >= 15 is 0 Å². The summed E-state index contributed by atoms with van der Waals surface area (Å²) in [4.78, 5) is 11.1. The van der Waals surface area contributed by atoms with Crippen LogP contribution in [0.1, 0.15) is 18.2 Å². The van der Waals surface area contributed by atoms with Gasteiger partial charge in [0.25, 0.3) is 10.1 Å². The third kappa shape index (κ3) is 7.54. The van der Waals surface area contributed by atoms with E-state index < -0.39 is 16.1 Å². The van der Waals surface area contributed by atoms with Crippen molar-refractivity contribution in [3.63, 3.8) is 0 Å². The number of benzene rings is 1. The molecule has 0 aromatic heterocycles. The summed E-state index contributed by atoms with van der Waals surface area (Å²) in [5, 5.41) is 0. The van der Waals surface area contributed by atoms with E-state index in [4.69, 9.17) is 9.29 Å². The molecule has 0 saturated carbocycles. The molecule has 0 fully saturated rings. The molecule has 1 aromatic rings. The standard InChI is InChI=1S/C11H14O6S.Na.H/c1-16-11(12)9-3-5-10(6-4-9)17-7-2-8-18(13,14)15;;/h3-6H,2,7-8H2,1H3,(H,13,14,15);;/q;+1;-1. The fourth-order valence-corrected chi connectivity index (χ4v) is 1.72. The van der Waals surface area contributed by atoms with Crippen molar-refractivity contribution in [1.29, 1.82) is 0 Å². The van der Waals surface area contributed by atoms with Crippen molar-refractivity contribution in [2.24, 2.45) is 0 Å². The average molecular weight is 298 g/mol. The van der Waals surface area contributed by atoms with Crippen LogP contribution in [0.2, 0.25) is 0 Å². The maximum absolute atomic E-state index is 11.1. The Morgan fingerprint density at radius 3 is 2.37 bits per heavy atom. The molecule has 6 nitrogen and oxygen atoms in total. The van der Waals surface area contributed by atoms with Crippen LogP contribution in [0.25, 0.3) is 0 Å². The Kier molecular flexibility index (Phi) is 8.28. The van der Waals surface area contributed by atoms with Gasteiger partial charge in [0.1, 0.15) is 5.75 Å². The van der Waals surface area contributed by atoms with Crippen molar-refractivity contribution >= 4 is 16.1 Å². The van der Waals surface area contributed by atoms with Gasteiger partial charge in [-0.25, -0.2) is 4.79 Å². The number of carbonyl (C=O) groups excluding carboxylic acids is 1. The van der Waals surface area contributed by atoms with Crippen molar-refractivity contribution in [2.45, 2.75) is 6.42 Å². The predicted octanol–water partition coefficient (Wildman–Crippen LogP) is -1.75. The second-order valence-corrected chi connectivity index (χ2v) is 5.08. The Bertz CT molecular complexity index is 502. The number of methoxy groups -OCH3 is 1. The summed E-state index contributed by atoms with van der Waals surface area (Å²) in [6.45, 7) is 0.164. The van der Waals surface area contributed by atoms with E-state index in [-0.39, 0.29) is 49.8 Å². The van der Waals surface area contributed by atoms with Crippen LogP contribution >= 0.6 is 0 Å². The van der Waals surface area contributed by atoms with Gasteiger partial charge >= 0.3 is 35.5 Å². The number of hydrogen-bond donors (Lipinski definition) is 1. The fraction of sp³-hybridized carbons (Fsp3) is 0.364. The number of carbonyl (C=O) groups is 1. The first-order chi connectivity index (χ1) is 8.42. The van der Waals surface area contributed by atoms with Gasteiger partial charge in [0, 0.05) is 0 Å². The Hall–Kier alpha value is -0.600. The third-order valence-electron chi connectivity index (χ3n) is 2.09. The van der Waals surface area contributed by atoms with Crippen LogP contribution < -0.4 is 34.3 Å². The largest absolute Gasteiger partial charge is 1.00 e. The number of hydrogen-bond acceptors (Lipinski definition) is 5. The minimum Gasteiger partial charge on any atom is -1.00 e. The van der Waals surface area contributed by atoms with Crippen LogP contribution in [-0.4, -0.2) is 38.4 Å². The fourth-order valence-electron chi connectivity index (χ4n) is 1.24. The van der Waals surface area contributed by atoms with E-state index in [2.05, 4.69) is 4.74 Å². The molecule has 0 spiro atoms. The zero-order valence-electron chi connectivity index (χ0n) is 11.8. The molecule has 0 aliphatic rings. The molecule has 0 aliphatic carbocycles. The molecule has 102 valence electrons. The molecule has 19 heavy (non-hydrogen) atoms. The predicted molar refractivity (Wildman–Crippen MR) is 65.4 cm³/mol. The molecule has 0 radical (unpaired) electrons. The maximum atomic E-state index is 11.1. The van der Waals surface area contributed by atoms with Gasteiger partial charge in [0.05, 0.1) is 25.0 Å². The summed E-state index contributed by atoms with van der Waals surface area (Å²) in [6, 6.07) is 6.26. The minimum atomic E-state index is -3.94. The second kappa shape index (κ2) is 8.55. The van der Waals surface area contributed by atoms with Gasteiger partial charge in [0.2, 0.25) is 0 Å². The van der Waals surface area contributed by atoms with Gasteiger partial charge in [-0.2, -0.15) is 8.42 Å². The second-order valence-electron chi connectivity index (χ2n) is 3.50. The first-order valence-electron chi connectivity index (χ1n) is 5.19. The van der Waals surface area contributed by atoms with E-state index in [9.17, 15) is 13.2 Å². The molecule has 0 atom stereocenters. The summed E-state index contributed by atoms with van der Waals surface area (Å²) in [5.41, 5.74) is 0.405. The van der Waals surface area contributed by atoms with E-state index in [0.29, 0.717) is 11.3 Å². The van der Waals surface area contributed by atoms with Crippen LogP contribution in [0.3, 0.4) is 0 Å². The van der Waals surface area contributed by atoms with Crippen molar-refractivity contribution < 1.29 is 58.2 Å². The van der Waals surface area contributed by atoms with Gasteiger partial charge < -0.3 is 10.9 Å². The van der Waals surface area contributed by atoms with Gasteiger partial charge in [-0.05, 0) is 30.7 Å². The summed E-state index contributed by atoms with van der Waals surface area (Å²) < 4.78 is 39.2. The molecule has 0 saturated heterocycles. The monoisotopic (exact) mass is 298 g/mol. The van der Waals surface area contributed by atoms with Crippen LogP contribution in [0.5, 0.6) is 5.75 Å². The first-order valence-corrected chi connectivity index (χ1v) is 6.79. The minimum absolute atomic E-state index is 0. The Balaban J connectivity index is 0. The molecular formula is C11H15NaO6S. The number of rotatable bonds is 6. The van der Waals surface area contributed by atoms with E-state index in [0.717, 1.165) is 0 Å². The van der Waals surface area contributed by atoms with Crippen molar-refractivity contribution in [1.82, 2.24) is 0 Å².